The van der Waals surface area contributed by atoms with Crippen LogP contribution in [0.15, 0.2) is 140 Å². The number of pyridine rings is 2. The summed E-state index contributed by atoms with van der Waals surface area (Å²) in [7, 11) is 0. The predicted molar refractivity (Wildman–Crippen MR) is 235 cm³/mol. The summed E-state index contributed by atoms with van der Waals surface area (Å²) in [5.41, 5.74) is 12.9. The monoisotopic (exact) mass is 729 g/mol. The first kappa shape index (κ1) is 34.3. The summed E-state index contributed by atoms with van der Waals surface area (Å²) in [6.07, 6.45) is 3.88. The van der Waals surface area contributed by atoms with E-state index >= 15 is 0 Å². The predicted octanol–water partition coefficient (Wildman–Crippen LogP) is 13.4. The molecule has 276 valence electrons. The lowest BCUT2D eigenvalue weighted by molar-refractivity contribution is 0.581. The second kappa shape index (κ2) is 11.9. The van der Waals surface area contributed by atoms with Gasteiger partial charge in [-0.05, 0) is 94.3 Å². The summed E-state index contributed by atoms with van der Waals surface area (Å²) >= 11 is 0. The molecular formula is C51H47N5. The van der Waals surface area contributed by atoms with Gasteiger partial charge in [0, 0.05) is 62.0 Å². The molecule has 0 atom stereocenters. The van der Waals surface area contributed by atoms with Gasteiger partial charge in [-0.15, -0.1) is 0 Å². The maximum Gasteiger partial charge on any atom is 0.141 e. The molecule has 0 bridgehead atoms. The molecule has 1 aliphatic rings. The standard InChI is InChI=1S/C51H47N5/c1-49(2,3)32-24-26-52-46(29-32)55-43-19-13-12-17-37(43)38-22-20-35(30-44(38)55)54(34-15-10-9-11-16-34)36-21-23-39-40-27-33(50(4,5)6)28-42-47(40)56(45(39)31-36)48-41(51(42,7)8)18-14-25-53-48/h9-31H,1-8H3. The molecule has 0 saturated heterocycles. The Kier molecular flexibility index (Phi) is 7.29. The van der Waals surface area contributed by atoms with Gasteiger partial charge in [-0.25, -0.2) is 9.97 Å². The zero-order chi connectivity index (χ0) is 38.7. The molecule has 5 heterocycles. The molecule has 0 saturated carbocycles. The van der Waals surface area contributed by atoms with Crippen LogP contribution in [0.25, 0.3) is 55.2 Å². The van der Waals surface area contributed by atoms with Crippen molar-refractivity contribution in [2.45, 2.75) is 71.6 Å². The second-order valence-corrected chi connectivity index (χ2v) is 18.1. The van der Waals surface area contributed by atoms with Crippen molar-refractivity contribution in [1.82, 2.24) is 19.1 Å². The number of rotatable bonds is 4. The third-order valence-electron chi connectivity index (χ3n) is 12.1. The van der Waals surface area contributed by atoms with Gasteiger partial charge >= 0.3 is 0 Å². The van der Waals surface area contributed by atoms with Crippen molar-refractivity contribution < 1.29 is 0 Å². The molecular weight excluding hydrogens is 683 g/mol. The Morgan fingerprint density at radius 2 is 1.12 bits per heavy atom. The number of benzene rings is 5. The van der Waals surface area contributed by atoms with Crippen LogP contribution in [0.5, 0.6) is 0 Å². The van der Waals surface area contributed by atoms with Crippen LogP contribution in [-0.4, -0.2) is 19.1 Å². The maximum atomic E-state index is 5.08. The molecule has 0 radical (unpaired) electrons. The molecule has 0 aliphatic carbocycles. The molecule has 4 aromatic heterocycles. The minimum atomic E-state index is -0.207. The summed E-state index contributed by atoms with van der Waals surface area (Å²) in [6, 6.07) is 46.9. The first-order valence-electron chi connectivity index (χ1n) is 19.7. The summed E-state index contributed by atoms with van der Waals surface area (Å²) in [5.74, 6) is 1.93. The van der Waals surface area contributed by atoms with Gasteiger partial charge in [0.1, 0.15) is 11.6 Å². The van der Waals surface area contributed by atoms with Gasteiger partial charge in [0.25, 0.3) is 0 Å². The summed E-state index contributed by atoms with van der Waals surface area (Å²) in [6.45, 7) is 18.4. The summed E-state index contributed by atoms with van der Waals surface area (Å²) < 4.78 is 4.76. The van der Waals surface area contributed by atoms with Gasteiger partial charge < -0.3 is 4.90 Å². The first-order valence-corrected chi connectivity index (χ1v) is 19.7. The molecule has 5 aromatic carbocycles. The molecule has 5 nitrogen and oxygen atoms in total. The third-order valence-corrected chi connectivity index (χ3v) is 12.1. The largest absolute Gasteiger partial charge is 0.310 e. The lowest BCUT2D eigenvalue weighted by Gasteiger charge is -2.35. The van der Waals surface area contributed by atoms with Crippen LogP contribution in [0, 0.1) is 0 Å². The Balaban J connectivity index is 1.25. The smallest absolute Gasteiger partial charge is 0.141 e. The topological polar surface area (TPSA) is 38.9 Å². The number of anilines is 3. The quantitative estimate of drug-likeness (QED) is 0.181. The summed E-state index contributed by atoms with van der Waals surface area (Å²) in [4.78, 5) is 12.4. The Morgan fingerprint density at radius 3 is 1.84 bits per heavy atom. The lowest BCUT2D eigenvalue weighted by atomic mass is 9.73. The fourth-order valence-electron chi connectivity index (χ4n) is 8.99. The zero-order valence-electron chi connectivity index (χ0n) is 33.5. The van der Waals surface area contributed by atoms with E-state index in [1.807, 2.05) is 12.4 Å². The van der Waals surface area contributed by atoms with Crippen molar-refractivity contribution in [2.24, 2.45) is 0 Å². The van der Waals surface area contributed by atoms with Gasteiger partial charge in [-0.1, -0.05) is 116 Å². The minimum Gasteiger partial charge on any atom is -0.310 e. The highest BCUT2D eigenvalue weighted by Gasteiger charge is 2.37. The highest BCUT2D eigenvalue weighted by atomic mass is 15.2. The third kappa shape index (κ3) is 5.06. The molecule has 56 heavy (non-hydrogen) atoms. The van der Waals surface area contributed by atoms with Gasteiger partial charge in [-0.3, -0.25) is 9.13 Å². The average molecular weight is 730 g/mol. The Hall–Kier alpha value is -6.20. The van der Waals surface area contributed by atoms with Gasteiger partial charge in [-0.2, -0.15) is 0 Å². The van der Waals surface area contributed by atoms with Crippen molar-refractivity contribution in [1.29, 1.82) is 0 Å². The highest BCUT2D eigenvalue weighted by molar-refractivity contribution is 6.13. The number of hydrogen-bond acceptors (Lipinski definition) is 3. The van der Waals surface area contributed by atoms with Crippen molar-refractivity contribution >= 4 is 60.7 Å². The molecule has 0 spiro atoms. The van der Waals surface area contributed by atoms with E-state index in [-0.39, 0.29) is 16.2 Å². The number of fused-ring (bicyclic) bond motifs is 8. The Bertz CT molecular complexity index is 3020. The number of nitrogens with zero attached hydrogens (tertiary/aromatic N) is 5. The van der Waals surface area contributed by atoms with Crippen LogP contribution in [0.1, 0.15) is 77.6 Å². The molecule has 10 rings (SSSR count). The first-order chi connectivity index (χ1) is 26.8. The minimum absolute atomic E-state index is 0.000843. The van der Waals surface area contributed by atoms with Gasteiger partial charge in [0.15, 0.2) is 0 Å². The van der Waals surface area contributed by atoms with E-state index in [4.69, 9.17) is 9.97 Å². The molecule has 1 aliphatic heterocycles. The van der Waals surface area contributed by atoms with Gasteiger partial charge in [0.05, 0.1) is 22.1 Å². The van der Waals surface area contributed by atoms with E-state index in [9.17, 15) is 0 Å². The van der Waals surface area contributed by atoms with E-state index in [1.165, 1.54) is 49.3 Å². The van der Waals surface area contributed by atoms with E-state index in [1.54, 1.807) is 0 Å². The van der Waals surface area contributed by atoms with Crippen molar-refractivity contribution in [3.63, 3.8) is 0 Å². The molecule has 9 aromatic rings. The molecule has 0 N–H and O–H groups in total. The number of para-hydroxylation sites is 2. The van der Waals surface area contributed by atoms with Crippen molar-refractivity contribution in [2.75, 3.05) is 4.90 Å². The van der Waals surface area contributed by atoms with E-state index in [0.717, 1.165) is 45.2 Å². The van der Waals surface area contributed by atoms with Crippen LogP contribution in [0.3, 0.4) is 0 Å². The SMILES string of the molecule is CC(C)(C)c1ccnc(-n2c3ccccc3c3ccc(N(c4ccccc4)c4ccc5c6cc(C(C)(C)C)cc7c6n(c5c4)-c4ncccc4C7(C)C)cc32)c1. The highest BCUT2D eigenvalue weighted by Crippen LogP contribution is 2.49. The molecule has 0 fully saturated rings. The van der Waals surface area contributed by atoms with Gasteiger partial charge in [0.2, 0.25) is 0 Å². The number of aromatic nitrogens is 4. The van der Waals surface area contributed by atoms with E-state index in [0.29, 0.717) is 0 Å². The van der Waals surface area contributed by atoms with E-state index < -0.39 is 0 Å². The van der Waals surface area contributed by atoms with Crippen molar-refractivity contribution in [3.05, 3.63) is 162 Å². The Labute approximate surface area is 328 Å². The Morgan fingerprint density at radius 1 is 0.482 bits per heavy atom. The lowest BCUT2D eigenvalue weighted by Crippen LogP contribution is -2.28. The molecule has 0 amide bonds. The average Bonchev–Trinajstić information content (AvgIpc) is 3.69. The van der Waals surface area contributed by atoms with Crippen LogP contribution in [-0.2, 0) is 16.2 Å². The van der Waals surface area contributed by atoms with Crippen LogP contribution in [0.4, 0.5) is 17.1 Å². The second-order valence-electron chi connectivity index (χ2n) is 18.1. The van der Waals surface area contributed by atoms with Crippen LogP contribution in [0.2, 0.25) is 0 Å². The number of hydrogen-bond donors (Lipinski definition) is 0. The fraction of sp³-hybridized carbons (Fsp3) is 0.216. The zero-order valence-corrected chi connectivity index (χ0v) is 33.5. The fourth-order valence-corrected chi connectivity index (χ4v) is 8.99. The molecule has 5 heteroatoms. The van der Waals surface area contributed by atoms with E-state index in [2.05, 4.69) is 197 Å². The molecule has 0 unspecified atom stereocenters. The summed E-state index contributed by atoms with van der Waals surface area (Å²) in [5, 5.41) is 4.92. The maximum absolute atomic E-state index is 5.08. The normalized spacial score (nSPS) is 13.9. The van der Waals surface area contributed by atoms with Crippen LogP contribution < -0.4 is 4.90 Å². The van der Waals surface area contributed by atoms with Crippen LogP contribution >= 0.6 is 0 Å². The van der Waals surface area contributed by atoms with Crippen molar-refractivity contribution in [3.8, 4) is 11.6 Å².